The van der Waals surface area contributed by atoms with Gasteiger partial charge < -0.3 is 24.6 Å². The maximum Gasteiger partial charge on any atom is 0.341 e. The van der Waals surface area contributed by atoms with Crippen LogP contribution in [0.4, 0.5) is 0 Å². The Kier molecular flexibility index (Phi) is 8.40. The number of nitrogens with zero attached hydrogens (tertiary/aromatic N) is 2. The fourth-order valence-electron chi connectivity index (χ4n) is 2.98. The summed E-state index contributed by atoms with van der Waals surface area (Å²) in [6.45, 7) is 2.00. The Bertz CT molecular complexity index is 1260. The van der Waals surface area contributed by atoms with Gasteiger partial charge >= 0.3 is 5.97 Å². The molecule has 2 aromatic heterocycles. The lowest BCUT2D eigenvalue weighted by atomic mass is 10.2. The monoisotopic (exact) mass is 529 g/mol. The van der Waals surface area contributed by atoms with E-state index < -0.39 is 12.6 Å². The minimum Gasteiger partial charge on any atom is -0.493 e. The SMILES string of the molecule is C[C@@H](C=Cc1cnc(Oc2ccc(OCC3CC3)cc2Cl)s1)NC(=O)c1ccnc(OCC(=O)O)c1. The van der Waals surface area contributed by atoms with Crippen molar-refractivity contribution >= 4 is 40.9 Å². The Labute approximate surface area is 216 Å². The number of hydrogen-bond acceptors (Lipinski definition) is 8. The molecule has 0 unspecified atom stereocenters. The molecule has 0 radical (unpaired) electrons. The maximum absolute atomic E-state index is 12.5. The summed E-state index contributed by atoms with van der Waals surface area (Å²) < 4.78 is 16.6. The highest BCUT2D eigenvalue weighted by Gasteiger charge is 2.22. The summed E-state index contributed by atoms with van der Waals surface area (Å²) in [5.74, 6) is 0.454. The minimum atomic E-state index is -1.13. The minimum absolute atomic E-state index is 0.0611. The second kappa shape index (κ2) is 11.9. The second-order valence-electron chi connectivity index (χ2n) is 8.16. The van der Waals surface area contributed by atoms with Crippen LogP contribution >= 0.6 is 22.9 Å². The number of pyridine rings is 1. The van der Waals surface area contributed by atoms with Crippen molar-refractivity contribution < 1.29 is 28.9 Å². The summed E-state index contributed by atoms with van der Waals surface area (Å²) in [6.07, 6.45) is 9.14. The van der Waals surface area contributed by atoms with Gasteiger partial charge in [-0.2, -0.15) is 0 Å². The molecule has 9 nitrogen and oxygen atoms in total. The summed E-state index contributed by atoms with van der Waals surface area (Å²) in [7, 11) is 0. The maximum atomic E-state index is 12.5. The molecule has 0 bridgehead atoms. The fourth-order valence-corrected chi connectivity index (χ4v) is 3.88. The normalized spacial score (nSPS) is 13.8. The van der Waals surface area contributed by atoms with Gasteiger partial charge in [-0.1, -0.05) is 29.0 Å². The number of aliphatic carboxylic acids is 1. The van der Waals surface area contributed by atoms with Crippen LogP contribution < -0.4 is 19.5 Å². The topological polar surface area (TPSA) is 120 Å². The van der Waals surface area contributed by atoms with Gasteiger partial charge in [0.05, 0.1) is 16.5 Å². The van der Waals surface area contributed by atoms with Crippen LogP contribution in [0, 0.1) is 5.92 Å². The number of rotatable bonds is 12. The van der Waals surface area contributed by atoms with Gasteiger partial charge in [0.1, 0.15) is 11.5 Å². The number of thiazole rings is 1. The molecule has 11 heteroatoms. The van der Waals surface area contributed by atoms with Gasteiger partial charge in [-0.15, -0.1) is 0 Å². The first-order chi connectivity index (χ1) is 17.4. The highest BCUT2D eigenvalue weighted by atomic mass is 35.5. The molecule has 1 atom stereocenters. The predicted octanol–water partition coefficient (Wildman–Crippen LogP) is 5.07. The fraction of sp³-hybridized carbons (Fsp3) is 0.280. The summed E-state index contributed by atoms with van der Waals surface area (Å²) in [4.78, 5) is 32.1. The van der Waals surface area contributed by atoms with E-state index >= 15 is 0 Å². The number of benzene rings is 1. The molecule has 0 saturated heterocycles. The van der Waals surface area contributed by atoms with Crippen molar-refractivity contribution in [1.82, 2.24) is 15.3 Å². The lowest BCUT2D eigenvalue weighted by Gasteiger charge is -2.10. The van der Waals surface area contributed by atoms with Crippen LogP contribution in [0.5, 0.6) is 22.6 Å². The molecule has 1 aromatic carbocycles. The molecule has 1 saturated carbocycles. The lowest BCUT2D eigenvalue weighted by Crippen LogP contribution is -2.31. The van der Waals surface area contributed by atoms with Crippen LogP contribution in [0.15, 0.2) is 48.8 Å². The Morgan fingerprint density at radius 2 is 2.08 bits per heavy atom. The highest BCUT2D eigenvalue weighted by molar-refractivity contribution is 7.14. The number of ether oxygens (including phenoxy) is 3. The van der Waals surface area contributed by atoms with Crippen molar-refractivity contribution in [3.05, 3.63) is 64.3 Å². The third kappa shape index (κ3) is 7.69. The second-order valence-corrected chi connectivity index (χ2v) is 9.60. The summed E-state index contributed by atoms with van der Waals surface area (Å²) in [5, 5.41) is 12.4. The molecule has 36 heavy (non-hydrogen) atoms. The zero-order valence-electron chi connectivity index (χ0n) is 19.3. The van der Waals surface area contributed by atoms with Crippen LogP contribution in [0.25, 0.3) is 6.08 Å². The van der Waals surface area contributed by atoms with Gasteiger partial charge in [-0.25, -0.2) is 14.8 Å². The van der Waals surface area contributed by atoms with E-state index in [0.29, 0.717) is 39.8 Å². The van der Waals surface area contributed by atoms with E-state index in [-0.39, 0.29) is 17.8 Å². The quantitative estimate of drug-likeness (QED) is 0.334. The molecule has 1 fully saturated rings. The number of carboxylic acids is 1. The Morgan fingerprint density at radius 3 is 2.83 bits per heavy atom. The molecule has 4 rings (SSSR count). The number of aromatic nitrogens is 2. The molecule has 2 heterocycles. The lowest BCUT2D eigenvalue weighted by molar-refractivity contribution is -0.139. The van der Waals surface area contributed by atoms with Gasteiger partial charge in [0.2, 0.25) is 5.88 Å². The Morgan fingerprint density at radius 1 is 1.25 bits per heavy atom. The first-order valence-corrected chi connectivity index (χ1v) is 12.4. The molecule has 0 aliphatic heterocycles. The van der Waals surface area contributed by atoms with Crippen molar-refractivity contribution in [3.8, 4) is 22.6 Å². The van der Waals surface area contributed by atoms with Crippen LogP contribution in [0.2, 0.25) is 5.02 Å². The number of halogens is 1. The van der Waals surface area contributed by atoms with E-state index in [1.165, 1.54) is 42.5 Å². The number of hydrogen-bond donors (Lipinski definition) is 2. The van der Waals surface area contributed by atoms with E-state index in [1.807, 2.05) is 25.1 Å². The largest absolute Gasteiger partial charge is 0.493 e. The average molecular weight is 530 g/mol. The van der Waals surface area contributed by atoms with Gasteiger partial charge in [-0.3, -0.25) is 4.79 Å². The van der Waals surface area contributed by atoms with Crippen molar-refractivity contribution in [3.63, 3.8) is 0 Å². The number of carbonyl (C=O) groups is 2. The first-order valence-electron chi connectivity index (χ1n) is 11.2. The number of carboxylic acid groups (broad SMARTS) is 1. The average Bonchev–Trinajstić information content (AvgIpc) is 3.59. The van der Waals surface area contributed by atoms with E-state index in [9.17, 15) is 9.59 Å². The molecule has 1 aliphatic rings. The third-order valence-electron chi connectivity index (χ3n) is 5.03. The van der Waals surface area contributed by atoms with Crippen molar-refractivity contribution in [2.75, 3.05) is 13.2 Å². The smallest absolute Gasteiger partial charge is 0.341 e. The van der Waals surface area contributed by atoms with Crippen LogP contribution in [-0.4, -0.2) is 46.2 Å². The van der Waals surface area contributed by atoms with Crippen molar-refractivity contribution in [1.29, 1.82) is 0 Å². The van der Waals surface area contributed by atoms with Crippen molar-refractivity contribution in [2.45, 2.75) is 25.8 Å². The van der Waals surface area contributed by atoms with Gasteiger partial charge in [0, 0.05) is 36.1 Å². The van der Waals surface area contributed by atoms with E-state index in [2.05, 4.69) is 15.3 Å². The Balaban J connectivity index is 1.29. The molecule has 2 N–H and O–H groups in total. The van der Waals surface area contributed by atoms with E-state index in [1.54, 1.807) is 18.3 Å². The van der Waals surface area contributed by atoms with E-state index in [4.69, 9.17) is 30.9 Å². The molecule has 1 amide bonds. The van der Waals surface area contributed by atoms with Gasteiger partial charge in [0.25, 0.3) is 11.1 Å². The first kappa shape index (κ1) is 25.5. The zero-order chi connectivity index (χ0) is 25.5. The number of carbonyl (C=O) groups excluding carboxylic acids is 1. The zero-order valence-corrected chi connectivity index (χ0v) is 20.9. The standard InChI is InChI=1S/C25H24ClN3O6S/c1-15(29-24(32)17-8-9-27-22(10-17)34-14-23(30)31)2-6-19-12-28-25(36-19)35-21-7-5-18(11-20(21)26)33-13-16-3-4-16/h2,5-12,15-16H,3-4,13-14H2,1H3,(H,29,32)(H,30,31)/t15-/m0/s1. The van der Waals surface area contributed by atoms with Crippen LogP contribution in [0.1, 0.15) is 35.0 Å². The Hall–Kier alpha value is -3.63. The highest BCUT2D eigenvalue weighted by Crippen LogP contribution is 2.35. The number of nitrogens with one attached hydrogen (secondary N) is 1. The summed E-state index contributed by atoms with van der Waals surface area (Å²) in [6, 6.07) is 7.94. The van der Waals surface area contributed by atoms with Crippen LogP contribution in [0.3, 0.4) is 0 Å². The van der Waals surface area contributed by atoms with Gasteiger partial charge in [-0.05, 0) is 50.0 Å². The van der Waals surface area contributed by atoms with Gasteiger partial charge in [0.15, 0.2) is 6.61 Å². The molecule has 0 spiro atoms. The van der Waals surface area contributed by atoms with E-state index in [0.717, 1.165) is 4.88 Å². The molecule has 1 aliphatic carbocycles. The molecular weight excluding hydrogens is 506 g/mol. The molecular formula is C25H24ClN3O6S. The van der Waals surface area contributed by atoms with Crippen molar-refractivity contribution in [2.24, 2.45) is 5.92 Å². The predicted molar refractivity (Wildman–Crippen MR) is 135 cm³/mol. The number of amides is 1. The van der Waals surface area contributed by atoms with Crippen LogP contribution in [-0.2, 0) is 4.79 Å². The third-order valence-corrected chi connectivity index (χ3v) is 6.17. The summed E-state index contributed by atoms with van der Waals surface area (Å²) in [5.41, 5.74) is 0.306. The molecule has 188 valence electrons. The summed E-state index contributed by atoms with van der Waals surface area (Å²) >= 11 is 7.67. The molecule has 3 aromatic rings.